The van der Waals surface area contributed by atoms with Crippen LogP contribution in [0.4, 0.5) is 5.69 Å². The highest BCUT2D eigenvalue weighted by molar-refractivity contribution is 9.10. The number of aromatic amines is 1. The number of benzene rings is 1. The van der Waals surface area contributed by atoms with Gasteiger partial charge in [-0.2, -0.15) is 0 Å². The van der Waals surface area contributed by atoms with Crippen molar-refractivity contribution in [2.24, 2.45) is 5.92 Å². The molecule has 0 aliphatic rings. The third kappa shape index (κ3) is 4.86. The van der Waals surface area contributed by atoms with Gasteiger partial charge in [-0.25, -0.2) is 9.78 Å². The summed E-state index contributed by atoms with van der Waals surface area (Å²) in [4.78, 5) is 43.2. The van der Waals surface area contributed by atoms with Crippen LogP contribution in [-0.2, 0) is 13.1 Å². The Labute approximate surface area is 208 Å². The molecular formula is C24H26BrN5O5. The van der Waals surface area contributed by atoms with Gasteiger partial charge in [-0.3, -0.25) is 24.5 Å². The molecule has 3 heterocycles. The van der Waals surface area contributed by atoms with Crippen LogP contribution in [0.5, 0.6) is 0 Å². The summed E-state index contributed by atoms with van der Waals surface area (Å²) >= 11 is 3.38. The van der Waals surface area contributed by atoms with E-state index < -0.39 is 16.2 Å². The number of hydrogen-bond acceptors (Lipinski definition) is 6. The van der Waals surface area contributed by atoms with E-state index in [9.17, 15) is 19.7 Å². The second-order valence-corrected chi connectivity index (χ2v) is 9.65. The molecule has 0 aliphatic carbocycles. The minimum absolute atomic E-state index is 0.0350. The fourth-order valence-electron chi connectivity index (χ4n) is 3.91. The highest BCUT2D eigenvalue weighted by Crippen LogP contribution is 2.35. The first-order valence-electron chi connectivity index (χ1n) is 11.5. The normalized spacial score (nSPS) is 11.6. The number of H-pyrrole nitrogens is 1. The quantitative estimate of drug-likeness (QED) is 0.224. The van der Waals surface area contributed by atoms with Gasteiger partial charge in [-0.15, -0.1) is 0 Å². The van der Waals surface area contributed by atoms with Gasteiger partial charge >= 0.3 is 5.69 Å². The van der Waals surface area contributed by atoms with Crippen molar-refractivity contribution in [2.45, 2.75) is 53.1 Å². The molecule has 0 bridgehead atoms. The lowest BCUT2D eigenvalue weighted by atomic mass is 10.1. The highest BCUT2D eigenvalue weighted by Gasteiger charge is 2.22. The number of aryl methyl sites for hydroxylation is 2. The molecule has 0 spiro atoms. The van der Waals surface area contributed by atoms with E-state index in [1.807, 2.05) is 11.5 Å². The van der Waals surface area contributed by atoms with Crippen LogP contribution in [0.3, 0.4) is 0 Å². The predicted octanol–water partition coefficient (Wildman–Crippen LogP) is 5.33. The Morgan fingerprint density at radius 3 is 2.54 bits per heavy atom. The van der Waals surface area contributed by atoms with Crippen molar-refractivity contribution in [2.75, 3.05) is 0 Å². The topological polar surface area (TPSA) is 129 Å². The molecular weight excluding hydrogens is 518 g/mol. The Bertz CT molecular complexity index is 1510. The zero-order valence-corrected chi connectivity index (χ0v) is 21.3. The lowest BCUT2D eigenvalue weighted by Crippen LogP contribution is -2.31. The fraction of sp³-hybridized carbons (Fsp3) is 0.375. The maximum Gasteiger partial charge on any atom is 0.330 e. The van der Waals surface area contributed by atoms with Gasteiger partial charge in [0.05, 0.1) is 4.92 Å². The summed E-state index contributed by atoms with van der Waals surface area (Å²) in [5.41, 5.74) is 0.318. The Kier molecular flexibility index (Phi) is 7.06. The number of imidazole rings is 1. The van der Waals surface area contributed by atoms with E-state index in [2.05, 4.69) is 34.8 Å². The molecule has 1 aromatic carbocycles. The van der Waals surface area contributed by atoms with Gasteiger partial charge in [0.25, 0.3) is 11.2 Å². The monoisotopic (exact) mass is 543 g/mol. The van der Waals surface area contributed by atoms with E-state index in [4.69, 9.17) is 9.40 Å². The number of non-ortho nitro benzene ring substituents is 1. The van der Waals surface area contributed by atoms with Crippen LogP contribution in [0.2, 0.25) is 0 Å². The summed E-state index contributed by atoms with van der Waals surface area (Å²) in [6.45, 7) is 7.19. The van der Waals surface area contributed by atoms with Gasteiger partial charge in [0.2, 0.25) is 0 Å². The number of hydrogen-bond donors (Lipinski definition) is 1. The first-order chi connectivity index (χ1) is 16.7. The first kappa shape index (κ1) is 24.6. The lowest BCUT2D eigenvalue weighted by Gasteiger charge is -2.10. The van der Waals surface area contributed by atoms with Crippen molar-refractivity contribution in [3.8, 4) is 22.9 Å². The number of furan rings is 1. The molecule has 184 valence electrons. The van der Waals surface area contributed by atoms with Crippen LogP contribution >= 0.6 is 15.9 Å². The average Bonchev–Trinajstić information content (AvgIpc) is 3.42. The SMILES string of the molecule is CCCCn1c(=O)[nH]c(=O)c2c1nc(-c1ccc(-c3ccc([N+](=O)[O-])cc3Br)o1)n2CCC(C)C. The fourth-order valence-corrected chi connectivity index (χ4v) is 4.47. The third-order valence-corrected chi connectivity index (χ3v) is 6.46. The third-order valence-electron chi connectivity index (χ3n) is 5.81. The van der Waals surface area contributed by atoms with Crippen molar-refractivity contribution >= 4 is 32.8 Å². The molecule has 0 radical (unpaired) electrons. The van der Waals surface area contributed by atoms with Crippen LogP contribution in [0.1, 0.15) is 40.0 Å². The van der Waals surface area contributed by atoms with Crippen molar-refractivity contribution in [3.63, 3.8) is 0 Å². The van der Waals surface area contributed by atoms with Crippen molar-refractivity contribution < 1.29 is 9.34 Å². The van der Waals surface area contributed by atoms with Gasteiger partial charge in [-0.05, 0) is 52.9 Å². The number of halogens is 1. The Morgan fingerprint density at radius 1 is 1.14 bits per heavy atom. The second-order valence-electron chi connectivity index (χ2n) is 8.79. The van der Waals surface area contributed by atoms with Gasteiger partial charge in [0, 0.05) is 35.3 Å². The molecule has 10 nitrogen and oxygen atoms in total. The van der Waals surface area contributed by atoms with Gasteiger partial charge < -0.3 is 8.98 Å². The number of fused-ring (bicyclic) bond motifs is 1. The number of aromatic nitrogens is 4. The standard InChI is InChI=1S/C24H26BrN5O5/c1-4-5-11-29-22-20(23(31)27-24(29)32)28(12-10-14(2)3)21(26-22)19-9-8-18(35-19)16-7-6-15(30(33)34)13-17(16)25/h6-9,13-14H,4-5,10-12H2,1-3H3,(H,27,31,32). The van der Waals surface area contributed by atoms with Crippen molar-refractivity contribution in [1.82, 2.24) is 19.1 Å². The van der Waals surface area contributed by atoms with E-state index in [0.717, 1.165) is 19.3 Å². The van der Waals surface area contributed by atoms with Crippen molar-refractivity contribution in [3.05, 3.63) is 65.8 Å². The van der Waals surface area contributed by atoms with E-state index in [1.54, 1.807) is 18.2 Å². The minimum atomic E-state index is -0.481. The summed E-state index contributed by atoms with van der Waals surface area (Å²) in [5.74, 6) is 1.75. The molecule has 0 amide bonds. The molecule has 1 N–H and O–H groups in total. The molecule has 4 rings (SSSR count). The number of unbranched alkanes of at least 4 members (excludes halogenated alkanes) is 1. The van der Waals surface area contributed by atoms with E-state index in [1.165, 1.54) is 16.7 Å². The molecule has 0 fully saturated rings. The Hall–Kier alpha value is -3.47. The van der Waals surface area contributed by atoms with Crippen molar-refractivity contribution in [1.29, 1.82) is 0 Å². The number of rotatable bonds is 9. The maximum absolute atomic E-state index is 12.9. The molecule has 11 heteroatoms. The Morgan fingerprint density at radius 2 is 1.89 bits per heavy atom. The zero-order valence-electron chi connectivity index (χ0n) is 19.7. The summed E-state index contributed by atoms with van der Waals surface area (Å²) in [6.07, 6.45) is 2.46. The van der Waals surface area contributed by atoms with E-state index in [-0.39, 0.29) is 5.69 Å². The molecule has 0 saturated carbocycles. The smallest absolute Gasteiger partial charge is 0.330 e. The molecule has 0 atom stereocenters. The van der Waals surface area contributed by atoms with Crippen LogP contribution in [-0.4, -0.2) is 24.0 Å². The summed E-state index contributed by atoms with van der Waals surface area (Å²) < 4.78 is 9.96. The molecule has 0 unspecified atom stereocenters. The highest BCUT2D eigenvalue weighted by atomic mass is 79.9. The largest absolute Gasteiger partial charge is 0.453 e. The molecule has 3 aromatic heterocycles. The molecule has 0 aliphatic heterocycles. The Balaban J connectivity index is 1.87. The predicted molar refractivity (Wildman–Crippen MR) is 136 cm³/mol. The number of nitro groups is 1. The lowest BCUT2D eigenvalue weighted by molar-refractivity contribution is -0.384. The van der Waals surface area contributed by atoms with Gasteiger partial charge in [0.1, 0.15) is 5.76 Å². The molecule has 0 saturated heterocycles. The zero-order chi connectivity index (χ0) is 25.3. The van der Waals surface area contributed by atoms with Gasteiger partial charge in [-0.1, -0.05) is 27.2 Å². The van der Waals surface area contributed by atoms with E-state index >= 15 is 0 Å². The van der Waals surface area contributed by atoms with Gasteiger partial charge in [0.15, 0.2) is 22.7 Å². The molecule has 4 aromatic rings. The number of nitro benzene ring substituents is 1. The minimum Gasteiger partial charge on any atom is -0.453 e. The maximum atomic E-state index is 12.9. The molecule has 35 heavy (non-hydrogen) atoms. The van der Waals surface area contributed by atoms with Crippen LogP contribution < -0.4 is 11.2 Å². The van der Waals surface area contributed by atoms with E-state index in [0.29, 0.717) is 57.6 Å². The average molecular weight is 544 g/mol. The number of nitrogens with one attached hydrogen (secondary N) is 1. The number of nitrogens with zero attached hydrogens (tertiary/aromatic N) is 4. The first-order valence-corrected chi connectivity index (χ1v) is 12.3. The summed E-state index contributed by atoms with van der Waals surface area (Å²) in [5, 5.41) is 11.1. The van der Waals surface area contributed by atoms with Crippen LogP contribution in [0.15, 0.2) is 48.8 Å². The second kappa shape index (κ2) is 10.0. The van der Waals surface area contributed by atoms with Crippen LogP contribution in [0.25, 0.3) is 34.1 Å². The van der Waals surface area contributed by atoms with Crippen LogP contribution in [0, 0.1) is 16.0 Å². The summed E-state index contributed by atoms with van der Waals surface area (Å²) in [6, 6.07) is 7.94. The summed E-state index contributed by atoms with van der Waals surface area (Å²) in [7, 11) is 0.